The summed E-state index contributed by atoms with van der Waals surface area (Å²) in [6.45, 7) is 2.01. The van der Waals surface area contributed by atoms with Crippen LogP contribution in [0.15, 0.2) is 36.4 Å². The Morgan fingerprint density at radius 1 is 0.947 bits per heavy atom. The fourth-order valence-corrected chi connectivity index (χ4v) is 2.85. The first-order valence-electron chi connectivity index (χ1n) is 5.92. The van der Waals surface area contributed by atoms with Crippen LogP contribution in [0, 0.1) is 6.92 Å². The van der Waals surface area contributed by atoms with E-state index in [0.29, 0.717) is 10.0 Å². The lowest BCUT2D eigenvalue weighted by molar-refractivity contribution is 0.692. The maximum atomic E-state index is 6.33. The molecule has 0 saturated carbocycles. The molecule has 0 heterocycles. The van der Waals surface area contributed by atoms with E-state index in [1.54, 1.807) is 6.07 Å². The second kappa shape index (κ2) is 6.15. The molecule has 1 nitrogen and oxygen atoms in total. The Morgan fingerprint density at radius 2 is 1.68 bits per heavy atom. The molecule has 4 heteroatoms. The van der Waals surface area contributed by atoms with Gasteiger partial charge in [0, 0.05) is 5.02 Å². The average Bonchev–Trinajstić information content (AvgIpc) is 2.37. The summed E-state index contributed by atoms with van der Waals surface area (Å²) in [7, 11) is 1.87. The summed E-state index contributed by atoms with van der Waals surface area (Å²) >= 11 is 18.7. The van der Waals surface area contributed by atoms with E-state index in [4.69, 9.17) is 34.8 Å². The SMILES string of the molecule is CNC(c1ccc(C)cc1Cl)c1cccc(Cl)c1Cl. The van der Waals surface area contributed by atoms with Crippen molar-refractivity contribution in [3.8, 4) is 0 Å². The second-order valence-corrected chi connectivity index (χ2v) is 5.58. The molecule has 0 aliphatic heterocycles. The molecular weight excluding hydrogens is 301 g/mol. The third kappa shape index (κ3) is 3.06. The van der Waals surface area contributed by atoms with Gasteiger partial charge in [-0.15, -0.1) is 0 Å². The summed E-state index contributed by atoms with van der Waals surface area (Å²) in [6, 6.07) is 11.5. The van der Waals surface area contributed by atoms with E-state index in [1.165, 1.54) is 0 Å². The van der Waals surface area contributed by atoms with Crippen LogP contribution in [0.3, 0.4) is 0 Å². The molecule has 0 aromatic heterocycles. The zero-order chi connectivity index (χ0) is 14.0. The highest BCUT2D eigenvalue weighted by Gasteiger charge is 2.19. The maximum Gasteiger partial charge on any atom is 0.0643 e. The van der Waals surface area contributed by atoms with Gasteiger partial charge in [0.1, 0.15) is 0 Å². The van der Waals surface area contributed by atoms with Crippen LogP contribution in [-0.2, 0) is 0 Å². The van der Waals surface area contributed by atoms with Crippen molar-refractivity contribution in [3.63, 3.8) is 0 Å². The van der Waals surface area contributed by atoms with Crippen LogP contribution in [0.25, 0.3) is 0 Å². The van der Waals surface area contributed by atoms with E-state index in [2.05, 4.69) is 5.32 Å². The monoisotopic (exact) mass is 313 g/mol. The van der Waals surface area contributed by atoms with E-state index in [1.807, 2.05) is 44.3 Å². The van der Waals surface area contributed by atoms with Gasteiger partial charge >= 0.3 is 0 Å². The molecule has 0 fully saturated rings. The summed E-state index contributed by atoms with van der Waals surface area (Å²) in [5.74, 6) is 0. The standard InChI is InChI=1S/C15H14Cl3N/c1-9-6-7-10(13(17)8-9)15(19-2)11-4-3-5-12(16)14(11)18/h3-8,15,19H,1-2H3. The van der Waals surface area contributed by atoms with Crippen molar-refractivity contribution < 1.29 is 0 Å². The third-order valence-corrected chi connectivity index (χ3v) is 4.21. The number of hydrogen-bond donors (Lipinski definition) is 1. The Hall–Kier alpha value is -0.730. The minimum absolute atomic E-state index is 0.0840. The van der Waals surface area contributed by atoms with Crippen molar-refractivity contribution in [2.45, 2.75) is 13.0 Å². The average molecular weight is 315 g/mol. The predicted molar refractivity (Wildman–Crippen MR) is 83.6 cm³/mol. The molecule has 0 saturated heterocycles. The van der Waals surface area contributed by atoms with Crippen LogP contribution in [0.1, 0.15) is 22.7 Å². The van der Waals surface area contributed by atoms with Crippen LogP contribution in [0.2, 0.25) is 15.1 Å². The van der Waals surface area contributed by atoms with Gasteiger partial charge in [-0.25, -0.2) is 0 Å². The summed E-state index contributed by atoms with van der Waals surface area (Å²) in [5.41, 5.74) is 3.03. The van der Waals surface area contributed by atoms with Gasteiger partial charge in [-0.1, -0.05) is 59.1 Å². The molecule has 0 spiro atoms. The summed E-state index contributed by atoms with van der Waals surface area (Å²) in [4.78, 5) is 0. The first kappa shape index (κ1) is 14.7. The van der Waals surface area contributed by atoms with Crippen LogP contribution in [0.4, 0.5) is 0 Å². The first-order valence-corrected chi connectivity index (χ1v) is 7.05. The van der Waals surface area contributed by atoms with Gasteiger partial charge < -0.3 is 5.32 Å². The minimum atomic E-state index is -0.0840. The van der Waals surface area contributed by atoms with E-state index in [-0.39, 0.29) is 6.04 Å². The van der Waals surface area contributed by atoms with E-state index in [0.717, 1.165) is 21.7 Å². The summed E-state index contributed by atoms with van der Waals surface area (Å²) in [5, 5.41) is 5.05. The molecule has 0 bridgehead atoms. The summed E-state index contributed by atoms with van der Waals surface area (Å²) in [6.07, 6.45) is 0. The molecule has 0 radical (unpaired) electrons. The molecule has 19 heavy (non-hydrogen) atoms. The number of halogens is 3. The number of benzene rings is 2. The van der Waals surface area contributed by atoms with Crippen molar-refractivity contribution >= 4 is 34.8 Å². The molecular formula is C15H14Cl3N. The van der Waals surface area contributed by atoms with Crippen molar-refractivity contribution in [2.75, 3.05) is 7.05 Å². The Morgan fingerprint density at radius 3 is 2.32 bits per heavy atom. The van der Waals surface area contributed by atoms with E-state index >= 15 is 0 Å². The van der Waals surface area contributed by atoms with Crippen LogP contribution in [-0.4, -0.2) is 7.05 Å². The fourth-order valence-electron chi connectivity index (χ4n) is 2.09. The highest BCUT2D eigenvalue weighted by molar-refractivity contribution is 6.42. The Balaban J connectivity index is 2.53. The number of nitrogens with one attached hydrogen (secondary N) is 1. The van der Waals surface area contributed by atoms with Gasteiger partial charge in [0.05, 0.1) is 16.1 Å². The van der Waals surface area contributed by atoms with Gasteiger partial charge in [-0.05, 0) is 42.8 Å². The third-order valence-electron chi connectivity index (χ3n) is 3.05. The van der Waals surface area contributed by atoms with Crippen molar-refractivity contribution in [1.29, 1.82) is 0 Å². The minimum Gasteiger partial charge on any atom is -0.309 e. The second-order valence-electron chi connectivity index (χ2n) is 4.39. The lowest BCUT2D eigenvalue weighted by Crippen LogP contribution is -2.18. The van der Waals surface area contributed by atoms with Crippen LogP contribution < -0.4 is 5.32 Å². The molecule has 1 N–H and O–H groups in total. The molecule has 2 aromatic rings. The molecule has 0 aliphatic carbocycles. The quantitative estimate of drug-likeness (QED) is 0.814. The van der Waals surface area contributed by atoms with Crippen molar-refractivity contribution in [3.05, 3.63) is 68.2 Å². The number of aryl methyl sites for hydroxylation is 1. The van der Waals surface area contributed by atoms with E-state index in [9.17, 15) is 0 Å². The van der Waals surface area contributed by atoms with Gasteiger partial charge in [0.2, 0.25) is 0 Å². The molecule has 1 unspecified atom stereocenters. The lowest BCUT2D eigenvalue weighted by Gasteiger charge is -2.20. The highest BCUT2D eigenvalue weighted by atomic mass is 35.5. The van der Waals surface area contributed by atoms with Gasteiger partial charge in [-0.3, -0.25) is 0 Å². The van der Waals surface area contributed by atoms with Crippen LogP contribution >= 0.6 is 34.8 Å². The Kier molecular flexibility index (Phi) is 4.75. The largest absolute Gasteiger partial charge is 0.309 e. The van der Waals surface area contributed by atoms with Crippen molar-refractivity contribution in [1.82, 2.24) is 5.32 Å². The normalized spacial score (nSPS) is 12.5. The van der Waals surface area contributed by atoms with Gasteiger partial charge in [0.15, 0.2) is 0 Å². The first-order chi connectivity index (χ1) is 9.04. The molecule has 1 atom stereocenters. The fraction of sp³-hybridized carbons (Fsp3) is 0.200. The molecule has 2 aromatic carbocycles. The zero-order valence-corrected chi connectivity index (χ0v) is 12.9. The van der Waals surface area contributed by atoms with E-state index < -0.39 is 0 Å². The lowest BCUT2D eigenvalue weighted by atomic mass is 9.98. The van der Waals surface area contributed by atoms with Crippen molar-refractivity contribution in [2.24, 2.45) is 0 Å². The van der Waals surface area contributed by atoms with Gasteiger partial charge in [0.25, 0.3) is 0 Å². The molecule has 2 rings (SSSR count). The number of rotatable bonds is 3. The topological polar surface area (TPSA) is 12.0 Å². The smallest absolute Gasteiger partial charge is 0.0643 e. The molecule has 0 amide bonds. The Bertz CT molecular complexity index is 596. The molecule has 0 aliphatic rings. The number of hydrogen-bond acceptors (Lipinski definition) is 1. The highest BCUT2D eigenvalue weighted by Crippen LogP contribution is 2.35. The zero-order valence-electron chi connectivity index (χ0n) is 10.7. The van der Waals surface area contributed by atoms with Gasteiger partial charge in [-0.2, -0.15) is 0 Å². The summed E-state index contributed by atoms with van der Waals surface area (Å²) < 4.78 is 0. The molecule has 100 valence electrons. The maximum absolute atomic E-state index is 6.33. The van der Waals surface area contributed by atoms with Crippen LogP contribution in [0.5, 0.6) is 0 Å². The predicted octanol–water partition coefficient (Wildman–Crippen LogP) is 5.26. The Labute approximate surface area is 128 Å².